The number of aryl methyl sites for hydroxylation is 2. The Bertz CT molecular complexity index is 814. The number of hydrogen-bond acceptors (Lipinski definition) is 2. The molecule has 1 saturated heterocycles. The fourth-order valence-electron chi connectivity index (χ4n) is 3.30. The Balaban J connectivity index is 1.83. The molecule has 0 aliphatic carbocycles. The van der Waals surface area contributed by atoms with Crippen LogP contribution in [0.5, 0.6) is 0 Å². The number of halogens is 1. The second-order valence-corrected chi connectivity index (χ2v) is 6.52. The van der Waals surface area contributed by atoms with E-state index < -0.39 is 11.9 Å². The van der Waals surface area contributed by atoms with Gasteiger partial charge in [0.25, 0.3) is 5.91 Å². The predicted octanol–water partition coefficient (Wildman–Crippen LogP) is 3.32. The van der Waals surface area contributed by atoms with E-state index in [1.54, 1.807) is 17.9 Å². The highest BCUT2D eigenvalue weighted by molar-refractivity contribution is 6.03. The van der Waals surface area contributed by atoms with Gasteiger partial charge in [-0.2, -0.15) is 0 Å². The van der Waals surface area contributed by atoms with Crippen LogP contribution in [0.15, 0.2) is 42.5 Å². The maximum atomic E-state index is 13.4. The summed E-state index contributed by atoms with van der Waals surface area (Å²) in [6, 6.07) is 11.0. The van der Waals surface area contributed by atoms with Crippen LogP contribution in [0.3, 0.4) is 0 Å². The summed E-state index contributed by atoms with van der Waals surface area (Å²) in [5.41, 5.74) is 3.30. The van der Waals surface area contributed by atoms with Gasteiger partial charge in [-0.1, -0.05) is 12.1 Å². The van der Waals surface area contributed by atoms with Gasteiger partial charge in [-0.05, 0) is 62.2 Å². The van der Waals surface area contributed by atoms with E-state index in [4.69, 9.17) is 0 Å². The number of carbonyl (C=O) groups excluding carboxylic acids is 2. The molecule has 1 aliphatic heterocycles. The van der Waals surface area contributed by atoms with Crippen LogP contribution in [0.2, 0.25) is 0 Å². The maximum absolute atomic E-state index is 13.4. The lowest BCUT2D eigenvalue weighted by Gasteiger charge is -2.39. The zero-order valence-corrected chi connectivity index (χ0v) is 14.6. The first-order valence-corrected chi connectivity index (χ1v) is 8.33. The van der Waals surface area contributed by atoms with Gasteiger partial charge in [0.1, 0.15) is 11.9 Å². The van der Waals surface area contributed by atoms with Crippen molar-refractivity contribution in [3.8, 4) is 0 Å². The van der Waals surface area contributed by atoms with Crippen molar-refractivity contribution in [3.05, 3.63) is 65.0 Å². The summed E-state index contributed by atoms with van der Waals surface area (Å²) >= 11 is 0. The molecule has 1 aliphatic rings. The topological polar surface area (TPSA) is 40.6 Å². The van der Waals surface area contributed by atoms with Crippen LogP contribution in [-0.2, 0) is 4.79 Å². The van der Waals surface area contributed by atoms with Crippen LogP contribution in [0.25, 0.3) is 0 Å². The first-order valence-electron chi connectivity index (χ1n) is 8.33. The van der Waals surface area contributed by atoms with E-state index in [2.05, 4.69) is 6.07 Å². The maximum Gasteiger partial charge on any atom is 0.254 e. The van der Waals surface area contributed by atoms with Gasteiger partial charge in [-0.15, -0.1) is 0 Å². The average Bonchev–Trinajstić information content (AvgIpc) is 2.55. The number of carbonyl (C=O) groups is 2. The summed E-state index contributed by atoms with van der Waals surface area (Å²) in [6.07, 6.45) is 0. The molecule has 0 radical (unpaired) electrons. The first-order chi connectivity index (χ1) is 11.9. The van der Waals surface area contributed by atoms with Gasteiger partial charge in [0.15, 0.2) is 0 Å². The van der Waals surface area contributed by atoms with Crippen LogP contribution in [0.1, 0.15) is 28.4 Å². The molecule has 25 heavy (non-hydrogen) atoms. The van der Waals surface area contributed by atoms with E-state index in [1.165, 1.54) is 23.1 Å². The largest absolute Gasteiger partial charge is 0.325 e. The lowest BCUT2D eigenvalue weighted by Crippen LogP contribution is -2.57. The van der Waals surface area contributed by atoms with Gasteiger partial charge < -0.3 is 9.80 Å². The van der Waals surface area contributed by atoms with Crippen LogP contribution < -0.4 is 4.90 Å². The monoisotopic (exact) mass is 340 g/mol. The minimum absolute atomic E-state index is 0.124. The fraction of sp³-hybridized carbons (Fsp3) is 0.300. The molecule has 1 heterocycles. The molecule has 1 atom stereocenters. The minimum atomic E-state index is -0.592. The lowest BCUT2D eigenvalue weighted by atomic mass is 10.1. The highest BCUT2D eigenvalue weighted by atomic mass is 19.1. The van der Waals surface area contributed by atoms with E-state index in [1.807, 2.05) is 26.0 Å². The second kappa shape index (κ2) is 6.67. The molecular weight excluding hydrogens is 319 g/mol. The molecule has 0 saturated carbocycles. The number of nitrogens with zero attached hydrogens (tertiary/aromatic N) is 2. The molecule has 0 unspecified atom stereocenters. The molecule has 0 N–H and O–H groups in total. The van der Waals surface area contributed by atoms with Crippen molar-refractivity contribution < 1.29 is 14.0 Å². The molecule has 2 aromatic rings. The third kappa shape index (κ3) is 3.40. The molecule has 130 valence electrons. The summed E-state index contributed by atoms with van der Waals surface area (Å²) in [7, 11) is 0. The van der Waals surface area contributed by atoms with Crippen molar-refractivity contribution in [3.63, 3.8) is 0 Å². The van der Waals surface area contributed by atoms with Gasteiger partial charge in [-0.25, -0.2) is 4.39 Å². The molecule has 4 nitrogen and oxygen atoms in total. The van der Waals surface area contributed by atoms with Crippen molar-refractivity contribution in [2.45, 2.75) is 26.8 Å². The minimum Gasteiger partial charge on any atom is -0.325 e. The number of hydrogen-bond donors (Lipinski definition) is 0. The van der Waals surface area contributed by atoms with Gasteiger partial charge >= 0.3 is 0 Å². The van der Waals surface area contributed by atoms with Gasteiger partial charge in [0.05, 0.1) is 0 Å². The zero-order valence-electron chi connectivity index (χ0n) is 14.6. The van der Waals surface area contributed by atoms with Crippen molar-refractivity contribution in [2.75, 3.05) is 18.0 Å². The number of benzene rings is 2. The predicted molar refractivity (Wildman–Crippen MR) is 95.2 cm³/mol. The lowest BCUT2D eigenvalue weighted by molar-refractivity contribution is -0.124. The Kier molecular flexibility index (Phi) is 4.57. The molecular formula is C20H21FN2O2. The number of rotatable bonds is 2. The standard InChI is InChI=1S/C20H21FN2O2/c1-13-9-14(2)11-18(10-13)23-8-7-22(15(3)19(23)24)20(25)16-5-4-6-17(21)12-16/h4-6,9-12,15H,7-8H2,1-3H3/t15-/m1/s1. The third-order valence-electron chi connectivity index (χ3n) is 4.51. The summed E-state index contributed by atoms with van der Waals surface area (Å²) in [6.45, 7) is 6.54. The molecule has 5 heteroatoms. The van der Waals surface area contributed by atoms with Gasteiger partial charge in [-0.3, -0.25) is 9.59 Å². The average molecular weight is 340 g/mol. The van der Waals surface area contributed by atoms with E-state index in [0.717, 1.165) is 16.8 Å². The Labute approximate surface area is 146 Å². The highest BCUT2D eigenvalue weighted by Crippen LogP contribution is 2.24. The molecule has 3 rings (SSSR count). The van der Waals surface area contributed by atoms with Gasteiger partial charge in [0, 0.05) is 24.3 Å². The van der Waals surface area contributed by atoms with Crippen molar-refractivity contribution in [2.24, 2.45) is 0 Å². The summed E-state index contributed by atoms with van der Waals surface area (Å²) in [5, 5.41) is 0. The second-order valence-electron chi connectivity index (χ2n) is 6.52. The Morgan fingerprint density at radius 2 is 1.76 bits per heavy atom. The van der Waals surface area contributed by atoms with Crippen LogP contribution >= 0.6 is 0 Å². The van der Waals surface area contributed by atoms with Crippen molar-refractivity contribution >= 4 is 17.5 Å². The van der Waals surface area contributed by atoms with E-state index in [0.29, 0.717) is 13.1 Å². The van der Waals surface area contributed by atoms with Crippen LogP contribution in [0.4, 0.5) is 10.1 Å². The number of amides is 2. The van der Waals surface area contributed by atoms with Crippen LogP contribution in [0, 0.1) is 19.7 Å². The molecule has 0 aromatic heterocycles. The van der Waals surface area contributed by atoms with E-state index in [9.17, 15) is 14.0 Å². The summed E-state index contributed by atoms with van der Waals surface area (Å²) in [5.74, 6) is -0.903. The van der Waals surface area contributed by atoms with E-state index in [-0.39, 0.29) is 17.4 Å². The quantitative estimate of drug-likeness (QED) is 0.841. The number of anilines is 1. The zero-order chi connectivity index (χ0) is 18.1. The highest BCUT2D eigenvalue weighted by Gasteiger charge is 2.35. The molecule has 1 fully saturated rings. The molecule has 2 amide bonds. The molecule has 0 bridgehead atoms. The van der Waals surface area contributed by atoms with Crippen molar-refractivity contribution in [1.29, 1.82) is 0 Å². The Morgan fingerprint density at radius 1 is 1.08 bits per heavy atom. The molecule has 0 spiro atoms. The number of piperazine rings is 1. The van der Waals surface area contributed by atoms with E-state index >= 15 is 0 Å². The molecule has 2 aromatic carbocycles. The Hall–Kier alpha value is -2.69. The Morgan fingerprint density at radius 3 is 2.40 bits per heavy atom. The normalized spacial score (nSPS) is 17.8. The summed E-state index contributed by atoms with van der Waals surface area (Å²) < 4.78 is 13.4. The van der Waals surface area contributed by atoms with Crippen molar-refractivity contribution in [1.82, 2.24) is 4.90 Å². The third-order valence-corrected chi connectivity index (χ3v) is 4.51. The smallest absolute Gasteiger partial charge is 0.254 e. The fourth-order valence-corrected chi connectivity index (χ4v) is 3.30. The summed E-state index contributed by atoms with van der Waals surface area (Å²) in [4.78, 5) is 28.7. The SMILES string of the molecule is Cc1cc(C)cc(N2CCN(C(=O)c3cccc(F)c3)[C@H](C)C2=O)c1. The van der Waals surface area contributed by atoms with Crippen LogP contribution in [-0.4, -0.2) is 35.8 Å². The first kappa shape index (κ1) is 17.1. The van der Waals surface area contributed by atoms with Gasteiger partial charge in [0.2, 0.25) is 5.91 Å².